The maximum absolute atomic E-state index is 14.0. The van der Waals surface area contributed by atoms with E-state index in [1.807, 2.05) is 4.90 Å². The van der Waals surface area contributed by atoms with Crippen molar-refractivity contribution in [2.75, 3.05) is 46.9 Å². The molecule has 0 atom stereocenters. The minimum Gasteiger partial charge on any atom is -0.380 e. The van der Waals surface area contributed by atoms with Crippen molar-refractivity contribution < 1.29 is 14.3 Å². The number of amides is 2. The molecule has 6 heteroatoms. The van der Waals surface area contributed by atoms with E-state index >= 15 is 0 Å². The van der Waals surface area contributed by atoms with Gasteiger partial charge in [-0.05, 0) is 111 Å². The SMILES string of the molecule is CCCCC/C=C\C/C=C\CCCCCCCC(=O)N(CCCN(C)C)C1(C(=O)NCCCCCCCC/C=C\CCCCCCCC)CC2(COC2)C1. The molecule has 1 saturated heterocycles. The van der Waals surface area contributed by atoms with Crippen LogP contribution in [0, 0.1) is 5.41 Å². The number of ether oxygens (including phenoxy) is 1. The molecule has 2 aliphatic rings. The van der Waals surface area contributed by atoms with Crippen molar-refractivity contribution in [1.82, 2.24) is 15.1 Å². The van der Waals surface area contributed by atoms with E-state index < -0.39 is 5.54 Å². The molecule has 1 saturated carbocycles. The highest BCUT2D eigenvalue weighted by Gasteiger charge is 2.65. The number of unbranched alkanes of at least 4 members (excludes halogenated alkanes) is 20. The molecule has 1 heterocycles. The Balaban J connectivity index is 1.70. The van der Waals surface area contributed by atoms with Crippen LogP contribution in [-0.4, -0.2) is 74.1 Å². The topological polar surface area (TPSA) is 61.9 Å². The zero-order valence-corrected chi connectivity index (χ0v) is 36.1. The molecule has 54 heavy (non-hydrogen) atoms. The molecule has 0 unspecified atom stereocenters. The number of hydrogen-bond acceptors (Lipinski definition) is 4. The zero-order valence-electron chi connectivity index (χ0n) is 36.1. The quantitative estimate of drug-likeness (QED) is 0.0511. The molecule has 1 N–H and O–H groups in total. The van der Waals surface area contributed by atoms with E-state index in [4.69, 9.17) is 4.74 Å². The number of allylic oxidation sites excluding steroid dienone is 6. The molecule has 0 radical (unpaired) electrons. The van der Waals surface area contributed by atoms with E-state index in [1.165, 1.54) is 122 Å². The second kappa shape index (κ2) is 31.2. The molecule has 2 rings (SSSR count). The summed E-state index contributed by atoms with van der Waals surface area (Å²) >= 11 is 0. The third-order valence-corrected chi connectivity index (χ3v) is 11.7. The van der Waals surface area contributed by atoms with E-state index in [0.717, 1.165) is 77.5 Å². The number of nitrogens with zero attached hydrogens (tertiary/aromatic N) is 2. The second-order valence-electron chi connectivity index (χ2n) is 17.3. The van der Waals surface area contributed by atoms with Crippen molar-refractivity contribution in [2.24, 2.45) is 5.41 Å². The van der Waals surface area contributed by atoms with Crippen LogP contribution in [0.25, 0.3) is 0 Å². The summed E-state index contributed by atoms with van der Waals surface area (Å²) in [5.41, 5.74) is -0.632. The molecular formula is C48H87N3O3. The zero-order chi connectivity index (χ0) is 39.0. The number of carbonyl (C=O) groups is 2. The molecule has 0 aromatic rings. The standard InChI is InChI=1S/C48H87N3O3/c1-5-7-9-11-13-15-17-19-21-23-25-27-29-31-33-35-38-49-46(53)48(41-47(42-48)43-54-44-47)51(40-36-39-50(3)4)45(52)37-34-32-30-28-26-24-22-20-18-16-14-12-10-8-6-2/h14,16,19-22H,5-13,15,17-18,23-44H2,1-4H3,(H,49,53)/b16-14-,21-19-,22-20-. The lowest BCUT2D eigenvalue weighted by molar-refractivity contribution is -0.219. The van der Waals surface area contributed by atoms with Gasteiger partial charge in [-0.15, -0.1) is 0 Å². The molecule has 312 valence electrons. The lowest BCUT2D eigenvalue weighted by Gasteiger charge is -2.62. The Morgan fingerprint density at radius 1 is 0.574 bits per heavy atom. The van der Waals surface area contributed by atoms with Crippen molar-refractivity contribution in [3.05, 3.63) is 36.5 Å². The maximum atomic E-state index is 14.0. The Hall–Kier alpha value is -1.92. The van der Waals surface area contributed by atoms with Crippen molar-refractivity contribution in [3.8, 4) is 0 Å². The Labute approximate surface area is 334 Å². The highest BCUT2D eigenvalue weighted by molar-refractivity contribution is 5.93. The third-order valence-electron chi connectivity index (χ3n) is 11.7. The van der Waals surface area contributed by atoms with Crippen LogP contribution >= 0.6 is 0 Å². The smallest absolute Gasteiger partial charge is 0.246 e. The van der Waals surface area contributed by atoms with Gasteiger partial charge in [0.2, 0.25) is 11.8 Å². The molecule has 1 aliphatic carbocycles. The van der Waals surface area contributed by atoms with Gasteiger partial charge in [0.05, 0.1) is 13.2 Å². The first-order chi connectivity index (χ1) is 26.4. The summed E-state index contributed by atoms with van der Waals surface area (Å²) in [7, 11) is 4.16. The van der Waals surface area contributed by atoms with E-state index in [0.29, 0.717) is 19.5 Å². The van der Waals surface area contributed by atoms with Crippen LogP contribution in [0.3, 0.4) is 0 Å². The Bertz CT molecular complexity index is 1020. The summed E-state index contributed by atoms with van der Waals surface area (Å²) in [4.78, 5) is 32.1. The minimum absolute atomic E-state index is 0.0750. The Kier molecular flexibility index (Phi) is 27.9. The van der Waals surface area contributed by atoms with Gasteiger partial charge in [-0.1, -0.05) is 140 Å². The molecule has 1 aliphatic heterocycles. The fourth-order valence-electron chi connectivity index (χ4n) is 8.34. The van der Waals surface area contributed by atoms with Crippen LogP contribution in [0.2, 0.25) is 0 Å². The van der Waals surface area contributed by atoms with Crippen molar-refractivity contribution >= 4 is 11.8 Å². The lowest BCUT2D eigenvalue weighted by atomic mass is 9.54. The highest BCUT2D eigenvalue weighted by Crippen LogP contribution is 2.56. The van der Waals surface area contributed by atoms with E-state index in [1.54, 1.807) is 0 Å². The van der Waals surface area contributed by atoms with Crippen LogP contribution in [-0.2, 0) is 14.3 Å². The van der Waals surface area contributed by atoms with Gasteiger partial charge in [0.15, 0.2) is 0 Å². The lowest BCUT2D eigenvalue weighted by Crippen LogP contribution is -2.74. The normalized spacial score (nSPS) is 16.2. The average Bonchev–Trinajstić information content (AvgIpc) is 3.12. The summed E-state index contributed by atoms with van der Waals surface area (Å²) < 4.78 is 5.61. The number of carbonyl (C=O) groups excluding carboxylic acids is 2. The number of hydrogen-bond donors (Lipinski definition) is 1. The third kappa shape index (κ3) is 20.8. The predicted octanol–water partition coefficient (Wildman–Crippen LogP) is 12.3. The predicted molar refractivity (Wildman–Crippen MR) is 232 cm³/mol. The van der Waals surface area contributed by atoms with Crippen LogP contribution in [0.4, 0.5) is 0 Å². The first kappa shape index (κ1) is 48.2. The second-order valence-corrected chi connectivity index (χ2v) is 17.3. The molecular weight excluding hydrogens is 667 g/mol. The average molecular weight is 754 g/mol. The van der Waals surface area contributed by atoms with Crippen LogP contribution in [0.15, 0.2) is 36.5 Å². The maximum Gasteiger partial charge on any atom is 0.246 e. The summed E-state index contributed by atoms with van der Waals surface area (Å²) in [6.07, 6.45) is 47.8. The fraction of sp³-hybridized carbons (Fsp3) is 0.833. The summed E-state index contributed by atoms with van der Waals surface area (Å²) in [6, 6.07) is 0. The van der Waals surface area contributed by atoms with Crippen molar-refractivity contribution in [2.45, 2.75) is 206 Å². The van der Waals surface area contributed by atoms with Gasteiger partial charge >= 0.3 is 0 Å². The largest absolute Gasteiger partial charge is 0.380 e. The molecule has 0 aromatic carbocycles. The van der Waals surface area contributed by atoms with Crippen LogP contribution < -0.4 is 5.32 Å². The number of rotatable bonds is 36. The van der Waals surface area contributed by atoms with E-state index in [2.05, 4.69) is 74.6 Å². The van der Waals surface area contributed by atoms with Gasteiger partial charge in [0, 0.05) is 24.9 Å². The van der Waals surface area contributed by atoms with Gasteiger partial charge in [-0.3, -0.25) is 9.59 Å². The van der Waals surface area contributed by atoms with Gasteiger partial charge in [-0.25, -0.2) is 0 Å². The van der Waals surface area contributed by atoms with Crippen molar-refractivity contribution in [3.63, 3.8) is 0 Å². The molecule has 1 spiro atoms. The van der Waals surface area contributed by atoms with Gasteiger partial charge < -0.3 is 19.9 Å². The van der Waals surface area contributed by atoms with Gasteiger partial charge in [-0.2, -0.15) is 0 Å². The van der Waals surface area contributed by atoms with Gasteiger partial charge in [0.1, 0.15) is 5.54 Å². The minimum atomic E-state index is -0.715. The summed E-state index contributed by atoms with van der Waals surface area (Å²) in [5, 5.41) is 3.32. The molecule has 6 nitrogen and oxygen atoms in total. The first-order valence-corrected chi connectivity index (χ1v) is 23.2. The highest BCUT2D eigenvalue weighted by atomic mass is 16.5. The van der Waals surface area contributed by atoms with Crippen LogP contribution in [0.5, 0.6) is 0 Å². The molecule has 0 aromatic heterocycles. The van der Waals surface area contributed by atoms with Crippen LogP contribution in [0.1, 0.15) is 200 Å². The summed E-state index contributed by atoms with van der Waals surface area (Å²) in [5.74, 6) is 0.243. The van der Waals surface area contributed by atoms with E-state index in [-0.39, 0.29) is 17.2 Å². The molecule has 2 amide bonds. The van der Waals surface area contributed by atoms with Gasteiger partial charge in [0.25, 0.3) is 0 Å². The van der Waals surface area contributed by atoms with Crippen molar-refractivity contribution in [1.29, 1.82) is 0 Å². The fourth-order valence-corrected chi connectivity index (χ4v) is 8.34. The number of nitrogens with one attached hydrogen (secondary N) is 1. The Morgan fingerprint density at radius 2 is 1.04 bits per heavy atom. The monoisotopic (exact) mass is 754 g/mol. The molecule has 0 bridgehead atoms. The Morgan fingerprint density at radius 3 is 1.56 bits per heavy atom. The molecule has 2 fully saturated rings. The van der Waals surface area contributed by atoms with E-state index in [9.17, 15) is 9.59 Å². The summed E-state index contributed by atoms with van der Waals surface area (Å²) in [6.45, 7) is 8.24. The first-order valence-electron chi connectivity index (χ1n) is 23.2.